The molecular weight excluding hydrogens is 316 g/mol. The monoisotopic (exact) mass is 338 g/mol. The van der Waals surface area contributed by atoms with Gasteiger partial charge in [0, 0.05) is 6.20 Å². The van der Waals surface area contributed by atoms with Gasteiger partial charge in [0.1, 0.15) is 16.9 Å². The van der Waals surface area contributed by atoms with E-state index in [-0.39, 0.29) is 11.4 Å². The molecule has 1 heterocycles. The molecule has 0 bridgehead atoms. The second-order valence-corrected chi connectivity index (χ2v) is 7.00. The molecule has 0 fully saturated rings. The number of rotatable bonds is 2. The molecule has 0 aliphatic carbocycles. The third-order valence-corrected chi connectivity index (χ3v) is 2.37. The fourth-order valence-corrected chi connectivity index (χ4v) is 1.58. The van der Waals surface area contributed by atoms with Crippen molar-refractivity contribution in [3.8, 4) is 0 Å². The summed E-state index contributed by atoms with van der Waals surface area (Å²) in [5, 5.41) is 9.03. The quantitative estimate of drug-likeness (QED) is 0.880. The van der Waals surface area contributed by atoms with Crippen LogP contribution in [-0.2, 0) is 9.47 Å². The maximum atomic E-state index is 12.4. The largest absolute Gasteiger partial charge is 0.477 e. The Balaban J connectivity index is 3.27. The first kappa shape index (κ1) is 19.4. The highest BCUT2D eigenvalue weighted by molar-refractivity contribution is 6.09. The van der Waals surface area contributed by atoms with E-state index >= 15 is 0 Å². The Morgan fingerprint density at radius 2 is 1.46 bits per heavy atom. The first-order chi connectivity index (χ1) is 10.8. The van der Waals surface area contributed by atoms with Crippen molar-refractivity contribution in [3.63, 3.8) is 0 Å². The topological polar surface area (TPSA) is 106 Å². The van der Waals surface area contributed by atoms with Crippen LogP contribution in [0, 0.1) is 0 Å². The molecule has 8 nitrogen and oxygen atoms in total. The highest BCUT2D eigenvalue weighted by Crippen LogP contribution is 2.22. The molecule has 1 aromatic rings. The number of aromatic nitrogens is 1. The second-order valence-electron chi connectivity index (χ2n) is 7.00. The highest BCUT2D eigenvalue weighted by atomic mass is 16.6. The van der Waals surface area contributed by atoms with Crippen LogP contribution in [0.1, 0.15) is 52.0 Å². The van der Waals surface area contributed by atoms with Gasteiger partial charge in [0.05, 0.1) is 5.69 Å². The van der Waals surface area contributed by atoms with Gasteiger partial charge in [-0.2, -0.15) is 4.90 Å². The minimum Gasteiger partial charge on any atom is -0.477 e. The summed E-state index contributed by atoms with van der Waals surface area (Å²) in [5.41, 5.74) is -2.02. The zero-order valence-corrected chi connectivity index (χ0v) is 14.6. The molecular formula is C16H22N2O6. The number of ether oxygens (including phenoxy) is 2. The van der Waals surface area contributed by atoms with E-state index in [0.29, 0.717) is 4.90 Å². The zero-order valence-electron chi connectivity index (χ0n) is 14.6. The molecule has 1 N–H and O–H groups in total. The number of carboxylic acids is 1. The standard InChI is InChI=1S/C16H22N2O6/c1-15(2,3)23-13(21)18(14(22)24-16(4,5)6)10-7-8-17-11(9-10)12(19)20/h7-9H,1-6H3,(H,19,20). The normalized spacial score (nSPS) is 11.6. The minimum absolute atomic E-state index is 0.00843. The smallest absolute Gasteiger partial charge is 0.424 e. The maximum absolute atomic E-state index is 12.4. The summed E-state index contributed by atoms with van der Waals surface area (Å²) >= 11 is 0. The first-order valence-electron chi connectivity index (χ1n) is 7.25. The summed E-state index contributed by atoms with van der Waals surface area (Å²) in [7, 11) is 0. The number of nitrogens with zero attached hydrogens (tertiary/aromatic N) is 2. The van der Waals surface area contributed by atoms with Crippen LogP contribution < -0.4 is 4.90 Å². The number of imide groups is 1. The number of pyridine rings is 1. The summed E-state index contributed by atoms with van der Waals surface area (Å²) in [4.78, 5) is 40.2. The molecule has 132 valence electrons. The SMILES string of the molecule is CC(C)(C)OC(=O)N(C(=O)OC(C)(C)C)c1ccnc(C(=O)O)c1. The lowest BCUT2D eigenvalue weighted by Crippen LogP contribution is -2.43. The Labute approximate surface area is 140 Å². The molecule has 0 aromatic carbocycles. The van der Waals surface area contributed by atoms with Crippen molar-refractivity contribution < 1.29 is 29.0 Å². The number of carbonyl (C=O) groups is 3. The van der Waals surface area contributed by atoms with Crippen molar-refractivity contribution in [3.05, 3.63) is 24.0 Å². The maximum Gasteiger partial charge on any atom is 0.424 e. The van der Waals surface area contributed by atoms with Crippen LogP contribution in [0.2, 0.25) is 0 Å². The molecule has 24 heavy (non-hydrogen) atoms. The third-order valence-electron chi connectivity index (χ3n) is 2.37. The molecule has 2 amide bonds. The Kier molecular flexibility index (Phi) is 5.54. The predicted octanol–water partition coefficient (Wildman–Crippen LogP) is 3.46. The number of hydrogen-bond donors (Lipinski definition) is 1. The molecule has 0 spiro atoms. The lowest BCUT2D eigenvalue weighted by molar-refractivity contribution is 0.0429. The van der Waals surface area contributed by atoms with Crippen LogP contribution in [0.15, 0.2) is 18.3 Å². The molecule has 0 saturated carbocycles. The summed E-state index contributed by atoms with van der Waals surface area (Å²) in [6.07, 6.45) is -0.765. The number of aromatic carboxylic acids is 1. The van der Waals surface area contributed by atoms with E-state index in [1.54, 1.807) is 41.5 Å². The van der Waals surface area contributed by atoms with E-state index in [1.165, 1.54) is 12.3 Å². The van der Waals surface area contributed by atoms with E-state index in [1.807, 2.05) is 0 Å². The molecule has 0 atom stereocenters. The second kappa shape index (κ2) is 6.86. The van der Waals surface area contributed by atoms with E-state index in [9.17, 15) is 14.4 Å². The van der Waals surface area contributed by atoms with Crippen molar-refractivity contribution in [2.24, 2.45) is 0 Å². The van der Waals surface area contributed by atoms with E-state index < -0.39 is 29.4 Å². The molecule has 0 unspecified atom stereocenters. The fourth-order valence-electron chi connectivity index (χ4n) is 1.58. The van der Waals surface area contributed by atoms with Crippen molar-refractivity contribution in [2.45, 2.75) is 52.7 Å². The van der Waals surface area contributed by atoms with Gasteiger partial charge in [-0.15, -0.1) is 0 Å². The molecule has 0 aliphatic heterocycles. The van der Waals surface area contributed by atoms with Crippen LogP contribution in [0.5, 0.6) is 0 Å². The zero-order chi connectivity index (χ0) is 18.7. The Morgan fingerprint density at radius 3 is 1.83 bits per heavy atom. The van der Waals surface area contributed by atoms with Crippen LogP contribution in [-0.4, -0.2) is 39.4 Å². The molecule has 0 radical (unpaired) electrons. The van der Waals surface area contributed by atoms with Crippen LogP contribution >= 0.6 is 0 Å². The van der Waals surface area contributed by atoms with Crippen molar-refractivity contribution in [2.75, 3.05) is 4.90 Å². The van der Waals surface area contributed by atoms with E-state index in [0.717, 1.165) is 6.07 Å². The van der Waals surface area contributed by atoms with Gasteiger partial charge >= 0.3 is 18.2 Å². The number of carboxylic acid groups (broad SMARTS) is 1. The molecule has 0 saturated heterocycles. The van der Waals surface area contributed by atoms with Gasteiger partial charge in [0.25, 0.3) is 0 Å². The average molecular weight is 338 g/mol. The summed E-state index contributed by atoms with van der Waals surface area (Å²) < 4.78 is 10.4. The number of carbonyl (C=O) groups excluding carboxylic acids is 2. The lowest BCUT2D eigenvalue weighted by Gasteiger charge is -2.28. The summed E-state index contributed by atoms with van der Waals surface area (Å²) in [6.45, 7) is 9.88. The van der Waals surface area contributed by atoms with Gasteiger partial charge in [-0.3, -0.25) is 0 Å². The van der Waals surface area contributed by atoms with Gasteiger partial charge in [-0.1, -0.05) is 0 Å². The summed E-state index contributed by atoms with van der Waals surface area (Å²) in [5.74, 6) is -1.29. The number of amides is 2. The fraction of sp³-hybridized carbons (Fsp3) is 0.500. The van der Waals surface area contributed by atoms with Gasteiger partial charge in [0.2, 0.25) is 0 Å². The summed E-state index contributed by atoms with van der Waals surface area (Å²) in [6, 6.07) is 2.41. The van der Waals surface area contributed by atoms with Crippen LogP contribution in [0.3, 0.4) is 0 Å². The Morgan fingerprint density at radius 1 is 1.00 bits per heavy atom. The van der Waals surface area contributed by atoms with Gasteiger partial charge in [-0.25, -0.2) is 19.4 Å². The predicted molar refractivity (Wildman–Crippen MR) is 86.1 cm³/mol. The van der Waals surface area contributed by atoms with Crippen molar-refractivity contribution >= 4 is 23.8 Å². The average Bonchev–Trinajstić information content (AvgIpc) is 2.34. The molecule has 8 heteroatoms. The lowest BCUT2D eigenvalue weighted by atomic mass is 10.2. The van der Waals surface area contributed by atoms with Crippen molar-refractivity contribution in [1.29, 1.82) is 0 Å². The van der Waals surface area contributed by atoms with Crippen molar-refractivity contribution in [1.82, 2.24) is 4.98 Å². The molecule has 1 aromatic heterocycles. The third kappa shape index (κ3) is 5.86. The minimum atomic E-state index is -1.29. The molecule has 0 aliphatic rings. The Bertz CT molecular complexity index is 615. The van der Waals surface area contributed by atoms with Crippen LogP contribution in [0.4, 0.5) is 15.3 Å². The molecule has 1 rings (SSSR count). The van der Waals surface area contributed by atoms with E-state index in [4.69, 9.17) is 14.6 Å². The number of anilines is 1. The van der Waals surface area contributed by atoms with Crippen LogP contribution in [0.25, 0.3) is 0 Å². The highest BCUT2D eigenvalue weighted by Gasteiger charge is 2.33. The van der Waals surface area contributed by atoms with E-state index in [2.05, 4.69) is 4.98 Å². The Hall–Kier alpha value is -2.64. The van der Waals surface area contributed by atoms with Gasteiger partial charge in [0.15, 0.2) is 0 Å². The van der Waals surface area contributed by atoms with Gasteiger partial charge in [-0.05, 0) is 53.7 Å². The van der Waals surface area contributed by atoms with Gasteiger partial charge < -0.3 is 14.6 Å². The first-order valence-corrected chi connectivity index (χ1v) is 7.25. The number of hydrogen-bond acceptors (Lipinski definition) is 6.